The van der Waals surface area contributed by atoms with Crippen molar-refractivity contribution in [1.82, 2.24) is 34.9 Å². The zero-order chi connectivity index (χ0) is 26.8. The highest BCUT2D eigenvalue weighted by molar-refractivity contribution is 5.04. The lowest BCUT2D eigenvalue weighted by atomic mass is 10.2. The van der Waals surface area contributed by atoms with Crippen LogP contribution in [0.25, 0.3) is 0 Å². The van der Waals surface area contributed by atoms with Gasteiger partial charge in [0.15, 0.2) is 0 Å². The van der Waals surface area contributed by atoms with Gasteiger partial charge < -0.3 is 15.1 Å². The van der Waals surface area contributed by atoms with Gasteiger partial charge in [-0.25, -0.2) is 0 Å². The maximum absolute atomic E-state index is 4.61. The van der Waals surface area contributed by atoms with Gasteiger partial charge in [-0.3, -0.25) is 19.8 Å². The highest BCUT2D eigenvalue weighted by atomic mass is 15.2. The van der Waals surface area contributed by atoms with Gasteiger partial charge in [-0.15, -0.1) is 0 Å². The molecule has 2 aromatic rings. The molecular weight excluding hydrogens is 470 g/mol. The molecule has 1 saturated heterocycles. The van der Waals surface area contributed by atoms with E-state index in [2.05, 4.69) is 79.9 Å². The van der Waals surface area contributed by atoms with Crippen LogP contribution in [0.5, 0.6) is 0 Å². The van der Waals surface area contributed by atoms with Gasteiger partial charge in [0.25, 0.3) is 0 Å². The molecular formula is C31H53N7. The fourth-order valence-corrected chi connectivity index (χ4v) is 5.35. The third kappa shape index (κ3) is 11.9. The van der Waals surface area contributed by atoms with Gasteiger partial charge >= 0.3 is 0 Å². The molecule has 0 bridgehead atoms. The first-order valence-electron chi connectivity index (χ1n) is 15.1. The van der Waals surface area contributed by atoms with Crippen LogP contribution in [0.15, 0.2) is 48.8 Å². The summed E-state index contributed by atoms with van der Waals surface area (Å²) >= 11 is 0. The van der Waals surface area contributed by atoms with E-state index in [9.17, 15) is 0 Å². The smallest absolute Gasteiger partial charge is 0.0543 e. The second-order valence-electron chi connectivity index (χ2n) is 10.7. The van der Waals surface area contributed by atoms with Gasteiger partial charge in [0.2, 0.25) is 0 Å². The maximum Gasteiger partial charge on any atom is 0.0543 e. The summed E-state index contributed by atoms with van der Waals surface area (Å²) in [6, 6.07) is 13.2. The van der Waals surface area contributed by atoms with Crippen LogP contribution >= 0.6 is 0 Å². The lowest BCUT2D eigenvalue weighted by Gasteiger charge is -2.31. The van der Waals surface area contributed by atoms with Gasteiger partial charge in [0.1, 0.15) is 0 Å². The number of nitrogens with one attached hydrogen (secondary N) is 1. The zero-order valence-corrected chi connectivity index (χ0v) is 24.4. The molecule has 212 valence electrons. The second kappa shape index (κ2) is 18.4. The molecule has 2 aromatic heterocycles. The molecule has 1 aliphatic heterocycles. The van der Waals surface area contributed by atoms with E-state index in [4.69, 9.17) is 0 Å². The molecule has 0 amide bonds. The van der Waals surface area contributed by atoms with Gasteiger partial charge in [-0.05, 0) is 103 Å². The molecule has 1 atom stereocenters. The predicted molar refractivity (Wildman–Crippen MR) is 159 cm³/mol. The van der Waals surface area contributed by atoms with E-state index in [1.54, 1.807) is 0 Å². The molecule has 1 fully saturated rings. The number of hydrogen-bond acceptors (Lipinski definition) is 7. The van der Waals surface area contributed by atoms with Crippen molar-refractivity contribution in [2.45, 2.75) is 65.6 Å². The monoisotopic (exact) mass is 523 g/mol. The van der Waals surface area contributed by atoms with Crippen molar-refractivity contribution in [3.63, 3.8) is 0 Å². The average Bonchev–Trinajstić information content (AvgIpc) is 2.95. The number of rotatable bonds is 11. The van der Waals surface area contributed by atoms with Crippen LogP contribution in [0.2, 0.25) is 0 Å². The van der Waals surface area contributed by atoms with Crippen LogP contribution in [0.1, 0.15) is 57.8 Å². The molecule has 1 aliphatic rings. The second-order valence-corrected chi connectivity index (χ2v) is 10.7. The summed E-state index contributed by atoms with van der Waals surface area (Å²) in [6.45, 7) is 21.1. The summed E-state index contributed by atoms with van der Waals surface area (Å²) in [5.74, 6) is 0. The number of pyridine rings is 2. The quantitative estimate of drug-likeness (QED) is 0.478. The molecule has 7 heteroatoms. The van der Waals surface area contributed by atoms with Crippen molar-refractivity contribution in [3.8, 4) is 0 Å². The van der Waals surface area contributed by atoms with Crippen LogP contribution in [-0.2, 0) is 13.1 Å². The first-order chi connectivity index (χ1) is 18.7. The predicted octanol–water partition coefficient (Wildman–Crippen LogP) is 3.98. The van der Waals surface area contributed by atoms with E-state index in [1.165, 1.54) is 43.7 Å². The average molecular weight is 524 g/mol. The molecule has 0 aliphatic carbocycles. The molecule has 0 radical (unpaired) electrons. The van der Waals surface area contributed by atoms with Crippen LogP contribution in [-0.4, -0.2) is 108 Å². The van der Waals surface area contributed by atoms with Crippen LogP contribution in [0.4, 0.5) is 0 Å². The van der Waals surface area contributed by atoms with Gasteiger partial charge in [-0.1, -0.05) is 26.0 Å². The minimum absolute atomic E-state index is 0.668. The van der Waals surface area contributed by atoms with Crippen LogP contribution < -0.4 is 5.32 Å². The Balaban J connectivity index is 1.61. The third-order valence-electron chi connectivity index (χ3n) is 7.88. The fourth-order valence-electron chi connectivity index (χ4n) is 5.35. The van der Waals surface area contributed by atoms with E-state index in [0.29, 0.717) is 6.04 Å². The Morgan fingerprint density at radius 1 is 0.789 bits per heavy atom. The van der Waals surface area contributed by atoms with Gasteiger partial charge in [0.05, 0.1) is 11.4 Å². The van der Waals surface area contributed by atoms with E-state index in [0.717, 1.165) is 78.4 Å². The van der Waals surface area contributed by atoms with Gasteiger partial charge in [-0.2, -0.15) is 0 Å². The molecule has 3 heterocycles. The van der Waals surface area contributed by atoms with Crippen LogP contribution in [0, 0.1) is 0 Å². The Labute approximate surface area is 232 Å². The summed E-state index contributed by atoms with van der Waals surface area (Å²) in [5.41, 5.74) is 2.34. The molecule has 0 aromatic carbocycles. The Morgan fingerprint density at radius 3 is 2.05 bits per heavy atom. The maximum atomic E-state index is 4.61. The fraction of sp³-hybridized carbons (Fsp3) is 0.677. The minimum Gasteiger partial charge on any atom is -0.315 e. The van der Waals surface area contributed by atoms with Crippen LogP contribution in [0.3, 0.4) is 0 Å². The summed E-state index contributed by atoms with van der Waals surface area (Å²) in [4.78, 5) is 19.7. The lowest BCUT2D eigenvalue weighted by molar-refractivity contribution is 0.162. The largest absolute Gasteiger partial charge is 0.315 e. The first-order valence-corrected chi connectivity index (χ1v) is 15.1. The Hall–Kier alpha value is -1.90. The Morgan fingerprint density at radius 2 is 1.42 bits per heavy atom. The van der Waals surface area contributed by atoms with Crippen molar-refractivity contribution in [2.75, 3.05) is 72.0 Å². The molecule has 7 nitrogen and oxygen atoms in total. The van der Waals surface area contributed by atoms with Crippen molar-refractivity contribution >= 4 is 0 Å². The summed E-state index contributed by atoms with van der Waals surface area (Å²) in [7, 11) is 0. The first kappa shape index (κ1) is 30.6. The van der Waals surface area contributed by atoms with Crippen molar-refractivity contribution < 1.29 is 0 Å². The number of aromatic nitrogens is 2. The summed E-state index contributed by atoms with van der Waals surface area (Å²) in [6.07, 6.45) is 8.64. The SMILES string of the molecule is CCC(C)N(CC)CCCN1CCCN(Cc2ccccn2)CCNCCCN(Cc2ccccn2)CC1. The van der Waals surface area contributed by atoms with E-state index >= 15 is 0 Å². The Bertz CT molecular complexity index is 835. The van der Waals surface area contributed by atoms with Crippen molar-refractivity contribution in [2.24, 2.45) is 0 Å². The van der Waals surface area contributed by atoms with E-state index < -0.39 is 0 Å². The van der Waals surface area contributed by atoms with Crippen molar-refractivity contribution in [3.05, 3.63) is 60.2 Å². The van der Waals surface area contributed by atoms with E-state index in [-0.39, 0.29) is 0 Å². The normalized spacial score (nSPS) is 18.8. The minimum atomic E-state index is 0.668. The third-order valence-corrected chi connectivity index (χ3v) is 7.88. The molecule has 0 saturated carbocycles. The Kier molecular flexibility index (Phi) is 14.8. The highest BCUT2D eigenvalue weighted by Gasteiger charge is 2.15. The molecule has 1 unspecified atom stereocenters. The molecule has 3 rings (SSSR count). The van der Waals surface area contributed by atoms with Crippen molar-refractivity contribution in [1.29, 1.82) is 0 Å². The molecule has 38 heavy (non-hydrogen) atoms. The standard InChI is InChI=1S/C31H53N7/c1-4-29(3)38(5-2)23-12-21-35-20-11-22-36(27-30-13-6-8-16-33-30)24-18-32-15-10-19-37(26-25-35)28-31-14-7-9-17-34-31/h6-9,13-14,16-17,29,32H,4-5,10-12,15,18-28H2,1-3H3. The molecule has 0 spiro atoms. The van der Waals surface area contributed by atoms with Gasteiger partial charge in [0, 0.05) is 57.7 Å². The lowest BCUT2D eigenvalue weighted by Crippen LogP contribution is -2.41. The topological polar surface area (TPSA) is 50.8 Å². The number of hydrogen-bond donors (Lipinski definition) is 1. The van der Waals surface area contributed by atoms with E-state index in [1.807, 2.05) is 24.5 Å². The molecule has 1 N–H and O–H groups in total. The highest BCUT2D eigenvalue weighted by Crippen LogP contribution is 2.08. The number of nitrogens with zero attached hydrogens (tertiary/aromatic N) is 6. The zero-order valence-electron chi connectivity index (χ0n) is 24.4. The summed E-state index contributed by atoms with van der Waals surface area (Å²) < 4.78 is 0. The summed E-state index contributed by atoms with van der Waals surface area (Å²) in [5, 5.41) is 3.69.